The van der Waals surface area contributed by atoms with Gasteiger partial charge in [0.1, 0.15) is 5.82 Å². The number of aliphatic carboxylic acids is 1. The van der Waals surface area contributed by atoms with E-state index in [4.69, 9.17) is 9.90 Å². The van der Waals surface area contributed by atoms with Crippen molar-refractivity contribution >= 4 is 33.3 Å². The van der Waals surface area contributed by atoms with Crippen molar-refractivity contribution in [2.45, 2.75) is 24.5 Å². The molecule has 0 atom stereocenters. The minimum absolute atomic E-state index is 0.0106. The van der Waals surface area contributed by atoms with Gasteiger partial charge in [-0.1, -0.05) is 35.9 Å². The van der Waals surface area contributed by atoms with Crippen LogP contribution in [0.3, 0.4) is 0 Å². The lowest BCUT2D eigenvalue weighted by molar-refractivity contribution is -0.192. The molecule has 0 radical (unpaired) electrons. The second-order valence-corrected chi connectivity index (χ2v) is 10.8. The van der Waals surface area contributed by atoms with Crippen LogP contribution in [-0.2, 0) is 21.4 Å². The SMILES string of the molecule is Cc1ccc(S(=O)(=O)Nc2cc(C(=O)O)ccc2N2CCN(Cc3ccccc3F)CC2)cc1.O=C(O)C(F)(F)F. The normalized spacial score (nSPS) is 14.1. The number of sulfonamides is 1. The molecule has 3 aromatic rings. The van der Waals surface area contributed by atoms with Gasteiger partial charge in [-0.05, 0) is 43.3 Å². The number of nitrogens with zero attached hydrogens (tertiary/aromatic N) is 2. The highest BCUT2D eigenvalue weighted by atomic mass is 32.2. The van der Waals surface area contributed by atoms with Gasteiger partial charge in [0.2, 0.25) is 0 Å². The summed E-state index contributed by atoms with van der Waals surface area (Å²) < 4.78 is 74.3. The van der Waals surface area contributed by atoms with E-state index in [0.717, 1.165) is 5.56 Å². The summed E-state index contributed by atoms with van der Waals surface area (Å²) in [6, 6.07) is 17.6. The second-order valence-electron chi connectivity index (χ2n) is 9.11. The molecule has 0 unspecified atom stereocenters. The fourth-order valence-corrected chi connectivity index (χ4v) is 5.03. The standard InChI is InChI=1S/C25H26FN3O4S.C2HF3O2/c1-18-6-9-21(10-7-18)34(32,33)27-23-16-19(25(30)31)8-11-24(23)29-14-12-28(13-15-29)17-20-4-2-3-5-22(20)26;3-2(4,5)1(6)7/h2-11,16,27H,12-15,17H2,1H3,(H,30,31);(H,6,7). The summed E-state index contributed by atoms with van der Waals surface area (Å²) in [5.74, 6) is -4.13. The van der Waals surface area contributed by atoms with Gasteiger partial charge in [0.25, 0.3) is 10.0 Å². The molecule has 0 spiro atoms. The number of nitrogens with one attached hydrogen (secondary N) is 1. The zero-order chi connectivity index (χ0) is 30.4. The lowest BCUT2D eigenvalue weighted by Crippen LogP contribution is -2.46. The number of alkyl halides is 3. The van der Waals surface area contributed by atoms with E-state index in [1.54, 1.807) is 30.3 Å². The van der Waals surface area contributed by atoms with E-state index >= 15 is 0 Å². The van der Waals surface area contributed by atoms with Crippen LogP contribution < -0.4 is 9.62 Å². The maximum absolute atomic E-state index is 14.0. The van der Waals surface area contributed by atoms with E-state index in [0.29, 0.717) is 44.0 Å². The number of aryl methyl sites for hydroxylation is 1. The predicted molar refractivity (Wildman–Crippen MR) is 143 cm³/mol. The number of rotatable bonds is 7. The number of hydrogen-bond donors (Lipinski definition) is 3. The van der Waals surface area contributed by atoms with E-state index in [2.05, 4.69) is 9.62 Å². The Balaban J connectivity index is 0.000000587. The summed E-state index contributed by atoms with van der Waals surface area (Å²) in [6.45, 7) is 4.83. The molecule has 220 valence electrons. The molecule has 0 saturated carbocycles. The van der Waals surface area contributed by atoms with E-state index in [1.807, 2.05) is 17.9 Å². The topological polar surface area (TPSA) is 127 Å². The summed E-state index contributed by atoms with van der Waals surface area (Å²) in [7, 11) is -3.91. The van der Waals surface area contributed by atoms with Crippen LogP contribution in [0.4, 0.5) is 28.9 Å². The third kappa shape index (κ3) is 8.66. The van der Waals surface area contributed by atoms with E-state index in [1.165, 1.54) is 30.3 Å². The van der Waals surface area contributed by atoms with Crippen molar-refractivity contribution in [1.82, 2.24) is 4.90 Å². The first-order valence-electron chi connectivity index (χ1n) is 12.1. The Labute approximate surface area is 233 Å². The van der Waals surface area contributed by atoms with Crippen molar-refractivity contribution in [3.05, 3.63) is 89.2 Å². The van der Waals surface area contributed by atoms with Gasteiger partial charge in [-0.25, -0.2) is 22.4 Å². The molecule has 14 heteroatoms. The lowest BCUT2D eigenvalue weighted by atomic mass is 10.1. The molecule has 1 saturated heterocycles. The fraction of sp³-hybridized carbons (Fsp3) is 0.259. The molecule has 3 aromatic carbocycles. The first kappa shape index (κ1) is 31.4. The average molecular weight is 598 g/mol. The first-order chi connectivity index (χ1) is 19.2. The van der Waals surface area contributed by atoms with Crippen LogP contribution >= 0.6 is 0 Å². The summed E-state index contributed by atoms with van der Waals surface area (Å²) in [5, 5.41) is 16.6. The molecular weight excluding hydrogens is 570 g/mol. The Morgan fingerprint density at radius 3 is 2.05 bits per heavy atom. The van der Waals surface area contributed by atoms with Crippen LogP contribution in [0.25, 0.3) is 0 Å². The molecule has 0 aromatic heterocycles. The van der Waals surface area contributed by atoms with Crippen LogP contribution in [0.2, 0.25) is 0 Å². The molecule has 3 N–H and O–H groups in total. The van der Waals surface area contributed by atoms with Crippen LogP contribution in [0, 0.1) is 12.7 Å². The van der Waals surface area contributed by atoms with Gasteiger partial charge in [0, 0.05) is 38.3 Å². The van der Waals surface area contributed by atoms with Gasteiger partial charge in [-0.15, -0.1) is 0 Å². The predicted octanol–water partition coefficient (Wildman–Crippen LogP) is 4.59. The summed E-state index contributed by atoms with van der Waals surface area (Å²) in [6.07, 6.45) is -5.08. The molecule has 41 heavy (non-hydrogen) atoms. The third-order valence-electron chi connectivity index (χ3n) is 6.13. The number of aromatic carboxylic acids is 1. The third-order valence-corrected chi connectivity index (χ3v) is 7.51. The summed E-state index contributed by atoms with van der Waals surface area (Å²) in [5.41, 5.74) is 2.37. The Kier molecular flexibility index (Phi) is 9.94. The largest absolute Gasteiger partial charge is 0.490 e. The molecular formula is C27H27F4N3O6S. The monoisotopic (exact) mass is 597 g/mol. The van der Waals surface area contributed by atoms with Crippen molar-refractivity contribution in [3.63, 3.8) is 0 Å². The van der Waals surface area contributed by atoms with Gasteiger partial charge < -0.3 is 15.1 Å². The minimum atomic E-state index is -5.08. The Hall–Kier alpha value is -4.17. The first-order valence-corrected chi connectivity index (χ1v) is 13.6. The number of carbonyl (C=O) groups is 2. The van der Waals surface area contributed by atoms with Crippen LogP contribution in [0.5, 0.6) is 0 Å². The highest BCUT2D eigenvalue weighted by Gasteiger charge is 2.38. The summed E-state index contributed by atoms with van der Waals surface area (Å²) in [4.78, 5) is 24.7. The van der Waals surface area contributed by atoms with Crippen molar-refractivity contribution in [3.8, 4) is 0 Å². The maximum atomic E-state index is 14.0. The number of carboxylic acid groups (broad SMARTS) is 2. The minimum Gasteiger partial charge on any atom is -0.478 e. The van der Waals surface area contributed by atoms with Crippen molar-refractivity contribution in [2.24, 2.45) is 0 Å². The molecule has 0 bridgehead atoms. The Bertz CT molecular complexity index is 1490. The average Bonchev–Trinajstić information content (AvgIpc) is 2.90. The zero-order valence-electron chi connectivity index (χ0n) is 21.7. The Morgan fingerprint density at radius 1 is 0.927 bits per heavy atom. The smallest absolute Gasteiger partial charge is 0.478 e. The quantitative estimate of drug-likeness (QED) is 0.338. The zero-order valence-corrected chi connectivity index (χ0v) is 22.5. The molecule has 1 heterocycles. The number of halogens is 4. The van der Waals surface area contributed by atoms with Gasteiger partial charge in [-0.3, -0.25) is 9.62 Å². The number of carboxylic acids is 2. The number of hydrogen-bond acceptors (Lipinski definition) is 6. The van der Waals surface area contributed by atoms with E-state index < -0.39 is 28.1 Å². The molecule has 1 aliphatic heterocycles. The molecule has 1 aliphatic rings. The summed E-state index contributed by atoms with van der Waals surface area (Å²) >= 11 is 0. The highest BCUT2D eigenvalue weighted by molar-refractivity contribution is 7.92. The van der Waals surface area contributed by atoms with Gasteiger partial charge in [-0.2, -0.15) is 13.2 Å². The molecule has 1 fully saturated rings. The maximum Gasteiger partial charge on any atom is 0.490 e. The molecule has 0 aliphatic carbocycles. The van der Waals surface area contributed by atoms with Gasteiger partial charge >= 0.3 is 18.1 Å². The highest BCUT2D eigenvalue weighted by Crippen LogP contribution is 2.31. The molecule has 9 nitrogen and oxygen atoms in total. The van der Waals surface area contributed by atoms with Crippen LogP contribution in [-0.4, -0.2) is 67.8 Å². The Morgan fingerprint density at radius 2 is 1.51 bits per heavy atom. The van der Waals surface area contributed by atoms with Crippen LogP contribution in [0.15, 0.2) is 71.6 Å². The molecule has 4 rings (SSSR count). The second kappa shape index (κ2) is 13.0. The van der Waals surface area contributed by atoms with Crippen molar-refractivity contribution in [1.29, 1.82) is 0 Å². The number of benzene rings is 3. The van der Waals surface area contributed by atoms with E-state index in [9.17, 15) is 35.9 Å². The van der Waals surface area contributed by atoms with Gasteiger partial charge in [0.05, 0.1) is 21.8 Å². The number of anilines is 2. The van der Waals surface area contributed by atoms with Crippen molar-refractivity contribution < 1.29 is 45.8 Å². The fourth-order valence-electron chi connectivity index (χ4n) is 3.96. The van der Waals surface area contributed by atoms with E-state index in [-0.39, 0.29) is 22.0 Å². The van der Waals surface area contributed by atoms with Crippen molar-refractivity contribution in [2.75, 3.05) is 35.8 Å². The van der Waals surface area contributed by atoms with Crippen LogP contribution in [0.1, 0.15) is 21.5 Å². The number of piperazine rings is 1. The lowest BCUT2D eigenvalue weighted by Gasteiger charge is -2.37. The molecule has 0 amide bonds. The van der Waals surface area contributed by atoms with Gasteiger partial charge in [0.15, 0.2) is 0 Å².